The van der Waals surface area contributed by atoms with Crippen molar-refractivity contribution in [1.82, 2.24) is 9.78 Å². The molecule has 4 rings (SSSR count). The molecule has 0 saturated carbocycles. The van der Waals surface area contributed by atoms with E-state index in [9.17, 15) is 22.5 Å². The van der Waals surface area contributed by atoms with Gasteiger partial charge in [0.25, 0.3) is 15.6 Å². The number of azo groups is 1. The first kappa shape index (κ1) is 28.8. The molecule has 0 aliphatic carbocycles. The molecular weight excluding hydrogens is 582 g/mol. The lowest BCUT2D eigenvalue weighted by molar-refractivity contribution is 0.342. The quantitative estimate of drug-likeness (QED) is 0.191. The van der Waals surface area contributed by atoms with E-state index in [1.165, 1.54) is 41.1 Å². The van der Waals surface area contributed by atoms with Gasteiger partial charge in [-0.25, -0.2) is 13.1 Å². The molecule has 0 spiro atoms. The molecule has 0 aliphatic heterocycles. The van der Waals surface area contributed by atoms with Gasteiger partial charge >= 0.3 is 9.05 Å². The summed E-state index contributed by atoms with van der Waals surface area (Å²) in [5.41, 5.74) is 0.260. The minimum absolute atomic E-state index is 0.0390. The van der Waals surface area contributed by atoms with E-state index < -0.39 is 30.4 Å². The van der Waals surface area contributed by atoms with Crippen molar-refractivity contribution in [3.8, 4) is 22.9 Å². The second kappa shape index (κ2) is 11.5. The maximum Gasteiger partial charge on any atom is 0.311 e. The molecule has 40 heavy (non-hydrogen) atoms. The number of para-hydroxylation sites is 2. The van der Waals surface area contributed by atoms with E-state index in [1.807, 2.05) is 0 Å². The highest BCUT2D eigenvalue weighted by Crippen LogP contribution is 2.32. The Bertz CT molecular complexity index is 1850. The molecule has 0 aliphatic rings. The Hall–Kier alpha value is -4.25. The van der Waals surface area contributed by atoms with Crippen LogP contribution in [0.4, 0.5) is 17.1 Å². The molecule has 4 aromatic rings. The summed E-state index contributed by atoms with van der Waals surface area (Å²) in [6.07, 6.45) is 0. The van der Waals surface area contributed by atoms with E-state index in [-0.39, 0.29) is 27.7 Å². The van der Waals surface area contributed by atoms with E-state index in [0.717, 1.165) is 6.07 Å². The van der Waals surface area contributed by atoms with Crippen LogP contribution in [0.1, 0.15) is 12.6 Å². The van der Waals surface area contributed by atoms with E-state index in [1.54, 1.807) is 38.1 Å². The maximum absolute atomic E-state index is 12.9. The second-order valence-corrected chi connectivity index (χ2v) is 12.1. The second-order valence-electron chi connectivity index (χ2n) is 8.12. The molecule has 1 unspecified atom stereocenters. The standard InChI is InChI=1S/C24H23N5O8S3/c1-3-36-22-7-5-4-6-20(22)28-39(32,33)18-12-13-19(21(30)14-18)25-26-23-15(2)27-29(24(23)31)16-8-10-17(11-9-16)37-40(34,35)38/h4-14,27-28,30H,3H2,1-2H3,(H,34,35,38). The highest BCUT2D eigenvalue weighted by Gasteiger charge is 2.19. The fourth-order valence-corrected chi connectivity index (χ4v) is 5.18. The minimum Gasteiger partial charge on any atom is -0.506 e. The number of anilines is 1. The summed E-state index contributed by atoms with van der Waals surface area (Å²) in [6.45, 7) is 3.70. The number of hydrogen-bond acceptors (Lipinski definition) is 10. The third-order valence-electron chi connectivity index (χ3n) is 5.28. The maximum atomic E-state index is 12.9. The molecule has 0 fully saturated rings. The lowest BCUT2D eigenvalue weighted by atomic mass is 10.3. The van der Waals surface area contributed by atoms with Crippen molar-refractivity contribution in [2.24, 2.45) is 10.2 Å². The lowest BCUT2D eigenvalue weighted by Gasteiger charge is -2.13. The largest absolute Gasteiger partial charge is 0.506 e. The number of phenols is 1. The van der Waals surface area contributed by atoms with Crippen LogP contribution in [0.25, 0.3) is 5.69 Å². The number of rotatable bonds is 10. The van der Waals surface area contributed by atoms with Gasteiger partial charge in [0, 0.05) is 6.07 Å². The number of nitrogens with zero attached hydrogens (tertiary/aromatic N) is 3. The highest BCUT2D eigenvalue weighted by molar-refractivity contribution is 8.27. The lowest BCUT2D eigenvalue weighted by Crippen LogP contribution is -2.14. The number of aromatic nitrogens is 2. The summed E-state index contributed by atoms with van der Waals surface area (Å²) >= 11 is 4.30. The first-order valence-electron chi connectivity index (χ1n) is 11.5. The Morgan fingerprint density at radius 1 is 1.05 bits per heavy atom. The normalized spacial score (nSPS) is 13.2. The Morgan fingerprint density at radius 2 is 1.75 bits per heavy atom. The zero-order valence-corrected chi connectivity index (χ0v) is 23.4. The Balaban J connectivity index is 1.56. The molecule has 210 valence electrons. The highest BCUT2D eigenvalue weighted by atomic mass is 32.9. The van der Waals surface area contributed by atoms with Gasteiger partial charge in [0.2, 0.25) is 0 Å². The summed E-state index contributed by atoms with van der Waals surface area (Å²) < 4.78 is 59.9. The molecule has 4 N–H and O–H groups in total. The number of sulfonamides is 1. The third kappa shape index (κ3) is 6.66. The van der Waals surface area contributed by atoms with Crippen molar-refractivity contribution in [3.63, 3.8) is 0 Å². The van der Waals surface area contributed by atoms with Gasteiger partial charge in [0.1, 0.15) is 22.9 Å². The zero-order valence-electron chi connectivity index (χ0n) is 21.0. The molecule has 0 bridgehead atoms. The van der Waals surface area contributed by atoms with Gasteiger partial charge in [-0.1, -0.05) is 12.1 Å². The van der Waals surface area contributed by atoms with Crippen LogP contribution in [0, 0.1) is 6.92 Å². The number of aryl methyl sites for hydroxylation is 1. The number of ether oxygens (including phenoxy) is 1. The monoisotopic (exact) mass is 605 g/mol. The first-order valence-corrected chi connectivity index (χ1v) is 15.3. The molecular formula is C24H23N5O8S3. The molecule has 1 atom stereocenters. The van der Waals surface area contributed by atoms with Crippen LogP contribution >= 0.6 is 0 Å². The number of hydrogen-bond donors (Lipinski definition) is 4. The van der Waals surface area contributed by atoms with Crippen molar-refractivity contribution in [2.75, 3.05) is 11.3 Å². The number of phenolic OH excluding ortho intramolecular Hbond substituents is 1. The van der Waals surface area contributed by atoms with Crippen LogP contribution in [0.5, 0.6) is 17.2 Å². The summed E-state index contributed by atoms with van der Waals surface area (Å²) in [6, 6.07) is 15.7. The topological polar surface area (TPSA) is 185 Å². The van der Waals surface area contributed by atoms with Crippen molar-refractivity contribution in [3.05, 3.63) is 82.8 Å². The Morgan fingerprint density at radius 3 is 2.40 bits per heavy atom. The average Bonchev–Trinajstić information content (AvgIpc) is 3.17. The number of benzene rings is 3. The van der Waals surface area contributed by atoms with E-state index >= 15 is 0 Å². The minimum atomic E-state index is -4.08. The van der Waals surface area contributed by atoms with Gasteiger partial charge < -0.3 is 14.0 Å². The van der Waals surface area contributed by atoms with Gasteiger partial charge in [0.15, 0.2) is 5.69 Å². The number of aromatic amines is 1. The summed E-state index contributed by atoms with van der Waals surface area (Å²) in [7, 11) is -7.94. The zero-order chi connectivity index (χ0) is 29.1. The Kier molecular flexibility index (Phi) is 8.24. The van der Waals surface area contributed by atoms with Crippen molar-refractivity contribution >= 4 is 47.3 Å². The Labute approximate surface area is 233 Å². The third-order valence-corrected chi connectivity index (χ3v) is 7.25. The smallest absolute Gasteiger partial charge is 0.311 e. The van der Waals surface area contributed by atoms with Crippen LogP contribution in [-0.2, 0) is 30.3 Å². The molecule has 16 heteroatoms. The van der Waals surface area contributed by atoms with Crippen molar-refractivity contribution in [2.45, 2.75) is 18.7 Å². The van der Waals surface area contributed by atoms with E-state index in [2.05, 4.69) is 31.2 Å². The molecule has 0 radical (unpaired) electrons. The van der Waals surface area contributed by atoms with Crippen molar-refractivity contribution in [1.29, 1.82) is 0 Å². The van der Waals surface area contributed by atoms with Crippen LogP contribution in [0.3, 0.4) is 0 Å². The molecule has 13 nitrogen and oxygen atoms in total. The molecule has 1 heterocycles. The van der Waals surface area contributed by atoms with Crippen LogP contribution < -0.4 is 19.2 Å². The van der Waals surface area contributed by atoms with E-state index in [4.69, 9.17) is 13.5 Å². The summed E-state index contributed by atoms with van der Waals surface area (Å²) in [5, 5.41) is 21.2. The predicted octanol–water partition coefficient (Wildman–Crippen LogP) is 4.31. The van der Waals surface area contributed by atoms with Gasteiger partial charge in [-0.3, -0.25) is 19.2 Å². The van der Waals surface area contributed by atoms with Crippen LogP contribution in [-0.4, -0.2) is 38.7 Å². The van der Waals surface area contributed by atoms with Gasteiger partial charge in [0.05, 0.1) is 39.8 Å². The first-order chi connectivity index (χ1) is 18.9. The average molecular weight is 606 g/mol. The summed E-state index contributed by atoms with van der Waals surface area (Å²) in [4.78, 5) is 12.7. The van der Waals surface area contributed by atoms with Crippen LogP contribution in [0.2, 0.25) is 0 Å². The predicted molar refractivity (Wildman–Crippen MR) is 151 cm³/mol. The molecule has 0 amide bonds. The van der Waals surface area contributed by atoms with Gasteiger partial charge in [-0.05, 0) is 62.4 Å². The molecule has 1 aromatic heterocycles. The number of nitrogens with one attached hydrogen (secondary N) is 2. The van der Waals surface area contributed by atoms with Crippen molar-refractivity contribution < 1.29 is 31.2 Å². The molecule has 0 saturated heterocycles. The number of H-pyrrole nitrogens is 1. The van der Waals surface area contributed by atoms with E-state index in [0.29, 0.717) is 23.7 Å². The fourth-order valence-electron chi connectivity index (χ4n) is 3.50. The summed E-state index contributed by atoms with van der Waals surface area (Å²) in [5.74, 6) is -0.0831. The number of aromatic hydroxyl groups is 1. The van der Waals surface area contributed by atoms with Crippen LogP contribution in [0.15, 0.2) is 86.6 Å². The fraction of sp³-hybridized carbons (Fsp3) is 0.125. The van der Waals surface area contributed by atoms with Gasteiger partial charge in [-0.2, -0.15) is 4.21 Å². The van der Waals surface area contributed by atoms with Gasteiger partial charge in [-0.15, -0.1) is 10.2 Å². The molecule has 3 aromatic carbocycles. The SMILES string of the molecule is CCOc1ccccc1NS(=O)(=O)c1ccc(N=Nc2c(C)[nH]n(-c3ccc(OS(=O)(O)=S)cc3)c2=O)c(O)c1.